The first kappa shape index (κ1) is 13.8. The minimum atomic E-state index is -0.919. The highest BCUT2D eigenvalue weighted by Crippen LogP contribution is 2.32. The number of hydrogen-bond acceptors (Lipinski definition) is 3. The molecule has 0 radical (unpaired) electrons. The second-order valence-electron chi connectivity index (χ2n) is 4.67. The molecular formula is C15H12F2OS2. The van der Waals surface area contributed by atoms with E-state index in [0.29, 0.717) is 4.88 Å². The number of Topliss-reactive ketones (excluding diaryl/α,β-unsaturated/α-hetero) is 1. The summed E-state index contributed by atoms with van der Waals surface area (Å²) in [4.78, 5) is 14.1. The van der Waals surface area contributed by atoms with Crippen molar-refractivity contribution in [3.05, 3.63) is 56.8 Å². The topological polar surface area (TPSA) is 17.1 Å². The van der Waals surface area contributed by atoms with Gasteiger partial charge in [0.05, 0.1) is 4.88 Å². The van der Waals surface area contributed by atoms with Crippen molar-refractivity contribution in [1.82, 2.24) is 0 Å². The van der Waals surface area contributed by atoms with Crippen LogP contribution < -0.4 is 0 Å². The van der Waals surface area contributed by atoms with E-state index in [4.69, 9.17) is 0 Å². The van der Waals surface area contributed by atoms with Crippen molar-refractivity contribution in [3.63, 3.8) is 0 Å². The maximum absolute atomic E-state index is 13.6. The van der Waals surface area contributed by atoms with E-state index in [1.54, 1.807) is 0 Å². The lowest BCUT2D eigenvalue weighted by molar-refractivity contribution is 0.0995. The minimum absolute atomic E-state index is 0.0872. The molecule has 2 heterocycles. The molecule has 1 aliphatic heterocycles. The predicted octanol–water partition coefficient (Wildman–Crippen LogP) is 4.24. The van der Waals surface area contributed by atoms with Gasteiger partial charge in [0.15, 0.2) is 17.4 Å². The van der Waals surface area contributed by atoms with Crippen LogP contribution in [0.25, 0.3) is 0 Å². The van der Waals surface area contributed by atoms with Crippen LogP contribution in [0.15, 0.2) is 24.3 Å². The molecule has 2 aromatic rings. The molecule has 0 amide bonds. The lowest BCUT2D eigenvalue weighted by atomic mass is 10.1. The van der Waals surface area contributed by atoms with Crippen LogP contribution in [0, 0.1) is 11.6 Å². The van der Waals surface area contributed by atoms with E-state index < -0.39 is 11.6 Å². The van der Waals surface area contributed by atoms with Crippen molar-refractivity contribution >= 4 is 28.9 Å². The summed E-state index contributed by atoms with van der Waals surface area (Å²) in [5.74, 6) is 0.0569. The molecule has 0 spiro atoms. The number of halogens is 2. The molecular weight excluding hydrogens is 298 g/mol. The van der Waals surface area contributed by atoms with Gasteiger partial charge in [-0.3, -0.25) is 4.79 Å². The van der Waals surface area contributed by atoms with Crippen molar-refractivity contribution in [2.45, 2.75) is 18.6 Å². The van der Waals surface area contributed by atoms with Gasteiger partial charge in [-0.05, 0) is 35.4 Å². The lowest BCUT2D eigenvalue weighted by Gasteiger charge is -2.08. The minimum Gasteiger partial charge on any atom is -0.293 e. The molecule has 0 saturated heterocycles. The van der Waals surface area contributed by atoms with E-state index in [-0.39, 0.29) is 17.8 Å². The summed E-state index contributed by atoms with van der Waals surface area (Å²) in [7, 11) is 0. The van der Waals surface area contributed by atoms with Crippen molar-refractivity contribution in [2.75, 3.05) is 5.75 Å². The van der Waals surface area contributed by atoms with Gasteiger partial charge in [-0.25, -0.2) is 8.78 Å². The maximum Gasteiger partial charge on any atom is 0.177 e. The Labute approximate surface area is 124 Å². The van der Waals surface area contributed by atoms with Crippen LogP contribution in [0.3, 0.4) is 0 Å². The molecule has 5 heteroatoms. The van der Waals surface area contributed by atoms with Crippen LogP contribution in [0.5, 0.6) is 0 Å². The molecule has 3 rings (SSSR count). The number of thiophene rings is 1. The van der Waals surface area contributed by atoms with Gasteiger partial charge in [-0.1, -0.05) is 12.1 Å². The number of fused-ring (bicyclic) bond motifs is 1. The van der Waals surface area contributed by atoms with Crippen LogP contribution in [-0.4, -0.2) is 11.5 Å². The van der Waals surface area contributed by atoms with Crippen LogP contribution in [-0.2, 0) is 18.6 Å². The highest BCUT2D eigenvalue weighted by molar-refractivity contribution is 7.98. The van der Waals surface area contributed by atoms with Crippen molar-refractivity contribution in [1.29, 1.82) is 0 Å². The van der Waals surface area contributed by atoms with Crippen LogP contribution in [0.1, 0.15) is 25.7 Å². The number of rotatable bonds is 3. The summed E-state index contributed by atoms with van der Waals surface area (Å²) >= 11 is 3.35. The van der Waals surface area contributed by atoms with Crippen molar-refractivity contribution in [3.8, 4) is 0 Å². The number of ketones is 1. The van der Waals surface area contributed by atoms with Gasteiger partial charge in [0.25, 0.3) is 0 Å². The average Bonchev–Trinajstić information content (AvgIpc) is 2.88. The third kappa shape index (κ3) is 2.65. The zero-order chi connectivity index (χ0) is 14.1. The van der Waals surface area contributed by atoms with E-state index in [9.17, 15) is 13.6 Å². The molecule has 0 atom stereocenters. The first-order valence-corrected chi connectivity index (χ1v) is 8.27. The normalized spacial score (nSPS) is 14.1. The zero-order valence-corrected chi connectivity index (χ0v) is 12.3. The van der Waals surface area contributed by atoms with E-state index >= 15 is 0 Å². The second-order valence-corrected chi connectivity index (χ2v) is 6.92. The van der Waals surface area contributed by atoms with Crippen LogP contribution in [0.4, 0.5) is 8.78 Å². The standard InChI is InChI=1S/C15H12F2OS2/c16-11-3-1-2-9(15(11)17)6-12(18)14-7-10-8-19-5-4-13(10)20-14/h1-3,7H,4-6,8H2. The Morgan fingerprint density at radius 1 is 1.30 bits per heavy atom. The molecule has 1 nitrogen and oxygen atoms in total. The number of benzene rings is 1. The number of aryl methyl sites for hydroxylation is 1. The molecule has 20 heavy (non-hydrogen) atoms. The van der Waals surface area contributed by atoms with Gasteiger partial charge in [0, 0.05) is 17.1 Å². The molecule has 1 aromatic carbocycles. The van der Waals surface area contributed by atoms with E-state index in [1.807, 2.05) is 17.8 Å². The smallest absolute Gasteiger partial charge is 0.177 e. The summed E-state index contributed by atoms with van der Waals surface area (Å²) in [6.07, 6.45) is 0.905. The number of hydrogen-bond donors (Lipinski definition) is 0. The molecule has 0 aliphatic carbocycles. The maximum atomic E-state index is 13.6. The second kappa shape index (κ2) is 5.66. The van der Waals surface area contributed by atoms with E-state index in [0.717, 1.165) is 24.0 Å². The fourth-order valence-electron chi connectivity index (χ4n) is 2.23. The highest BCUT2D eigenvalue weighted by Gasteiger charge is 2.19. The fraction of sp³-hybridized carbons (Fsp3) is 0.267. The third-order valence-corrected chi connectivity index (χ3v) is 5.57. The Balaban J connectivity index is 1.82. The molecule has 0 unspecified atom stereocenters. The zero-order valence-electron chi connectivity index (χ0n) is 10.6. The third-order valence-electron chi connectivity index (χ3n) is 3.29. The van der Waals surface area contributed by atoms with Gasteiger partial charge >= 0.3 is 0 Å². The number of carbonyl (C=O) groups is 1. The Morgan fingerprint density at radius 2 is 2.15 bits per heavy atom. The Morgan fingerprint density at radius 3 is 2.95 bits per heavy atom. The lowest BCUT2D eigenvalue weighted by Crippen LogP contribution is -2.04. The molecule has 104 valence electrons. The number of thioether (sulfide) groups is 1. The van der Waals surface area contributed by atoms with Gasteiger partial charge in [0.1, 0.15) is 0 Å². The first-order valence-electron chi connectivity index (χ1n) is 6.30. The molecule has 0 bridgehead atoms. The molecule has 0 N–H and O–H groups in total. The SMILES string of the molecule is O=C(Cc1cccc(F)c1F)c1cc2c(s1)CCSC2. The Kier molecular flexibility index (Phi) is 3.89. The van der Waals surface area contributed by atoms with E-state index in [1.165, 1.54) is 33.9 Å². The summed E-state index contributed by atoms with van der Waals surface area (Å²) in [5.41, 5.74) is 1.34. The average molecular weight is 310 g/mol. The van der Waals surface area contributed by atoms with Crippen molar-refractivity contribution in [2.24, 2.45) is 0 Å². The first-order chi connectivity index (χ1) is 9.65. The summed E-state index contributed by atoms with van der Waals surface area (Å²) in [6, 6.07) is 5.85. The highest BCUT2D eigenvalue weighted by atomic mass is 32.2. The molecule has 0 saturated carbocycles. The molecule has 0 fully saturated rings. The van der Waals surface area contributed by atoms with Crippen LogP contribution in [0.2, 0.25) is 0 Å². The predicted molar refractivity (Wildman–Crippen MR) is 78.6 cm³/mol. The van der Waals surface area contributed by atoms with E-state index in [2.05, 4.69) is 0 Å². The van der Waals surface area contributed by atoms with Gasteiger partial charge in [-0.2, -0.15) is 11.8 Å². The quantitative estimate of drug-likeness (QED) is 0.789. The number of carbonyl (C=O) groups excluding carboxylic acids is 1. The monoisotopic (exact) mass is 310 g/mol. The fourth-order valence-corrected chi connectivity index (χ4v) is 4.54. The largest absolute Gasteiger partial charge is 0.293 e. The van der Waals surface area contributed by atoms with Gasteiger partial charge in [-0.15, -0.1) is 11.3 Å². The summed E-state index contributed by atoms with van der Waals surface area (Å²) in [5, 5.41) is 0. The molecule has 1 aromatic heterocycles. The summed E-state index contributed by atoms with van der Waals surface area (Å²) < 4.78 is 26.7. The van der Waals surface area contributed by atoms with Gasteiger partial charge in [0.2, 0.25) is 0 Å². The Hall–Kier alpha value is -1.20. The van der Waals surface area contributed by atoms with Gasteiger partial charge < -0.3 is 0 Å². The van der Waals surface area contributed by atoms with Crippen LogP contribution >= 0.6 is 23.1 Å². The van der Waals surface area contributed by atoms with Crippen molar-refractivity contribution < 1.29 is 13.6 Å². The summed E-state index contributed by atoms with van der Waals surface area (Å²) in [6.45, 7) is 0. The Bertz CT molecular complexity index is 640. The molecule has 1 aliphatic rings.